The van der Waals surface area contributed by atoms with E-state index >= 15 is 0 Å². The van der Waals surface area contributed by atoms with Crippen molar-refractivity contribution in [2.75, 3.05) is 11.1 Å². The van der Waals surface area contributed by atoms with E-state index in [1.165, 1.54) is 17.3 Å². The lowest BCUT2D eigenvalue weighted by Crippen LogP contribution is -2.15. The molecule has 2 rings (SSSR count). The fourth-order valence-corrected chi connectivity index (χ4v) is 2.46. The lowest BCUT2D eigenvalue weighted by molar-refractivity contribution is -0.113. The van der Waals surface area contributed by atoms with E-state index < -0.39 is 0 Å². The Morgan fingerprint density at radius 2 is 1.87 bits per heavy atom. The molecule has 0 radical (unpaired) electrons. The van der Waals surface area contributed by atoms with Crippen LogP contribution in [-0.4, -0.2) is 21.9 Å². The number of nitrogens with zero attached hydrogens (tertiary/aromatic N) is 2. The van der Waals surface area contributed by atoms with E-state index in [0.29, 0.717) is 11.1 Å². The smallest absolute Gasteiger partial charge is 0.277 e. The molecule has 0 unspecified atom stereocenters. The normalized spacial score (nSPS) is 11.7. The highest BCUT2D eigenvalue weighted by Gasteiger charge is 2.14. The van der Waals surface area contributed by atoms with Crippen LogP contribution in [0.15, 0.2) is 33.9 Å². The fourth-order valence-electron chi connectivity index (χ4n) is 1.89. The zero-order valence-electron chi connectivity index (χ0n) is 14.2. The van der Waals surface area contributed by atoms with E-state index in [0.717, 1.165) is 5.69 Å². The minimum Gasteiger partial charge on any atom is -0.416 e. The number of amides is 1. The van der Waals surface area contributed by atoms with Gasteiger partial charge in [-0.15, -0.1) is 10.2 Å². The molecule has 0 aliphatic carbocycles. The van der Waals surface area contributed by atoms with Gasteiger partial charge < -0.3 is 9.73 Å². The first-order chi connectivity index (χ1) is 10.8. The Morgan fingerprint density at radius 3 is 2.39 bits per heavy atom. The van der Waals surface area contributed by atoms with Crippen molar-refractivity contribution in [1.82, 2.24) is 10.2 Å². The molecule has 23 heavy (non-hydrogen) atoms. The Bertz CT molecular complexity index is 657. The van der Waals surface area contributed by atoms with Crippen LogP contribution >= 0.6 is 11.8 Å². The van der Waals surface area contributed by atoms with Gasteiger partial charge in [0.2, 0.25) is 11.8 Å². The predicted octanol–water partition coefficient (Wildman–Crippen LogP) is 4.22. The van der Waals surface area contributed by atoms with Crippen molar-refractivity contribution in [2.24, 2.45) is 0 Å². The van der Waals surface area contributed by atoms with Gasteiger partial charge in [-0.1, -0.05) is 58.5 Å². The Hall–Kier alpha value is -1.82. The van der Waals surface area contributed by atoms with Crippen LogP contribution in [0.4, 0.5) is 5.69 Å². The number of hydrogen-bond acceptors (Lipinski definition) is 5. The molecule has 6 heteroatoms. The van der Waals surface area contributed by atoms with Gasteiger partial charge in [0.05, 0.1) is 5.75 Å². The lowest BCUT2D eigenvalue weighted by atomic mass is 9.87. The Labute approximate surface area is 141 Å². The van der Waals surface area contributed by atoms with Gasteiger partial charge in [0.1, 0.15) is 0 Å². The molecule has 1 amide bonds. The first kappa shape index (κ1) is 17.5. The Kier molecular flexibility index (Phi) is 5.46. The number of aromatic nitrogens is 2. The lowest BCUT2D eigenvalue weighted by Gasteiger charge is -2.19. The van der Waals surface area contributed by atoms with Gasteiger partial charge in [0.15, 0.2) is 0 Å². The van der Waals surface area contributed by atoms with Crippen LogP contribution in [0.2, 0.25) is 0 Å². The largest absolute Gasteiger partial charge is 0.416 e. The van der Waals surface area contributed by atoms with Gasteiger partial charge in [-0.3, -0.25) is 4.79 Å². The van der Waals surface area contributed by atoms with E-state index in [4.69, 9.17) is 4.42 Å². The summed E-state index contributed by atoms with van der Waals surface area (Å²) < 4.78 is 5.46. The summed E-state index contributed by atoms with van der Waals surface area (Å²) in [6.45, 7) is 10.4. The third kappa shape index (κ3) is 5.10. The minimum absolute atomic E-state index is 0.0946. The van der Waals surface area contributed by atoms with Gasteiger partial charge in [0.25, 0.3) is 5.22 Å². The number of benzene rings is 1. The Balaban J connectivity index is 1.87. The number of carbonyl (C=O) groups excluding carboxylic acids is 1. The molecule has 0 spiro atoms. The molecule has 2 aromatic rings. The first-order valence-corrected chi connectivity index (χ1v) is 8.61. The average Bonchev–Trinajstić information content (AvgIpc) is 2.94. The maximum absolute atomic E-state index is 12.0. The van der Waals surface area contributed by atoms with E-state index in [1.807, 2.05) is 38.1 Å². The summed E-state index contributed by atoms with van der Waals surface area (Å²) in [4.78, 5) is 12.0. The molecule has 0 aliphatic heterocycles. The number of carbonyl (C=O) groups is 1. The maximum Gasteiger partial charge on any atom is 0.277 e. The third-order valence-corrected chi connectivity index (χ3v) is 4.10. The molecule has 1 aromatic heterocycles. The molecule has 5 nitrogen and oxygen atoms in total. The van der Waals surface area contributed by atoms with E-state index in [1.54, 1.807) is 0 Å². The summed E-state index contributed by atoms with van der Waals surface area (Å²) in [5, 5.41) is 11.2. The second kappa shape index (κ2) is 7.17. The van der Waals surface area contributed by atoms with Crippen LogP contribution in [0, 0.1) is 0 Å². The Morgan fingerprint density at radius 1 is 1.22 bits per heavy atom. The number of anilines is 1. The molecule has 0 saturated heterocycles. The molecule has 0 saturated carbocycles. The number of rotatable bonds is 5. The van der Waals surface area contributed by atoms with Gasteiger partial charge in [-0.25, -0.2) is 0 Å². The zero-order chi connectivity index (χ0) is 17.0. The zero-order valence-corrected chi connectivity index (χ0v) is 15.0. The van der Waals surface area contributed by atoms with Crippen LogP contribution in [0.3, 0.4) is 0 Å². The fraction of sp³-hybridized carbons (Fsp3) is 0.471. The molecular formula is C17H23N3O2S. The molecule has 124 valence electrons. The quantitative estimate of drug-likeness (QED) is 0.830. The van der Waals surface area contributed by atoms with Gasteiger partial charge in [0, 0.05) is 11.6 Å². The molecular weight excluding hydrogens is 310 g/mol. The van der Waals surface area contributed by atoms with Crippen molar-refractivity contribution >= 4 is 23.4 Å². The minimum atomic E-state index is -0.0946. The highest BCUT2D eigenvalue weighted by atomic mass is 32.2. The molecule has 0 aliphatic rings. The maximum atomic E-state index is 12.0. The second-order valence-corrected chi connectivity index (χ2v) is 7.65. The summed E-state index contributed by atoms with van der Waals surface area (Å²) in [5.41, 5.74) is 2.12. The van der Waals surface area contributed by atoms with Gasteiger partial charge in [-0.05, 0) is 23.1 Å². The summed E-state index contributed by atoms with van der Waals surface area (Å²) in [7, 11) is 0. The standard InChI is InChI=1S/C17H23N3O2S/c1-11(2)15-19-20-16(22-15)23-10-14(21)18-13-8-6-12(7-9-13)17(3,4)5/h6-9,11H,10H2,1-5H3,(H,18,21). The summed E-state index contributed by atoms with van der Waals surface area (Å²) in [6.07, 6.45) is 0. The van der Waals surface area contributed by atoms with Crippen molar-refractivity contribution in [1.29, 1.82) is 0 Å². The number of nitrogens with one attached hydrogen (secondary N) is 1. The van der Waals surface area contributed by atoms with Crippen molar-refractivity contribution in [3.05, 3.63) is 35.7 Å². The van der Waals surface area contributed by atoms with Crippen LogP contribution in [-0.2, 0) is 10.2 Å². The summed E-state index contributed by atoms with van der Waals surface area (Å²) >= 11 is 1.24. The highest BCUT2D eigenvalue weighted by molar-refractivity contribution is 7.99. The summed E-state index contributed by atoms with van der Waals surface area (Å²) in [5.74, 6) is 0.918. The molecule has 1 heterocycles. The molecule has 0 atom stereocenters. The topological polar surface area (TPSA) is 68.0 Å². The SMILES string of the molecule is CC(C)c1nnc(SCC(=O)Nc2ccc(C(C)(C)C)cc2)o1. The van der Waals surface area contributed by atoms with Crippen molar-refractivity contribution < 1.29 is 9.21 Å². The molecule has 0 bridgehead atoms. The second-order valence-electron chi connectivity index (χ2n) is 6.73. The third-order valence-electron chi connectivity index (χ3n) is 3.28. The van der Waals surface area contributed by atoms with Gasteiger partial charge >= 0.3 is 0 Å². The van der Waals surface area contributed by atoms with Crippen molar-refractivity contribution in [2.45, 2.75) is 51.2 Å². The molecule has 1 aromatic carbocycles. The van der Waals surface area contributed by atoms with Crippen molar-refractivity contribution in [3.63, 3.8) is 0 Å². The van der Waals surface area contributed by atoms with Crippen LogP contribution in [0.25, 0.3) is 0 Å². The van der Waals surface area contributed by atoms with Crippen LogP contribution in [0.5, 0.6) is 0 Å². The highest BCUT2D eigenvalue weighted by Crippen LogP contribution is 2.24. The predicted molar refractivity (Wildman–Crippen MR) is 92.9 cm³/mol. The molecule has 1 N–H and O–H groups in total. The van der Waals surface area contributed by atoms with Crippen LogP contribution in [0.1, 0.15) is 52.0 Å². The van der Waals surface area contributed by atoms with Gasteiger partial charge in [-0.2, -0.15) is 0 Å². The average molecular weight is 333 g/mol. The molecule has 0 fully saturated rings. The monoisotopic (exact) mass is 333 g/mol. The van der Waals surface area contributed by atoms with E-state index in [-0.39, 0.29) is 23.0 Å². The summed E-state index contributed by atoms with van der Waals surface area (Å²) in [6, 6.07) is 7.92. The first-order valence-electron chi connectivity index (χ1n) is 7.62. The number of hydrogen-bond donors (Lipinski definition) is 1. The number of thioether (sulfide) groups is 1. The van der Waals surface area contributed by atoms with Crippen LogP contribution < -0.4 is 5.32 Å². The van der Waals surface area contributed by atoms with E-state index in [9.17, 15) is 4.79 Å². The van der Waals surface area contributed by atoms with E-state index in [2.05, 4.69) is 36.3 Å². The van der Waals surface area contributed by atoms with Crippen molar-refractivity contribution in [3.8, 4) is 0 Å².